The summed E-state index contributed by atoms with van der Waals surface area (Å²) >= 11 is 0. The van der Waals surface area contributed by atoms with Crippen LogP contribution in [0, 0.1) is 11.3 Å². The van der Waals surface area contributed by atoms with Crippen LogP contribution in [0.4, 0.5) is 0 Å². The van der Waals surface area contributed by atoms with Gasteiger partial charge in [-0.2, -0.15) is 5.26 Å². The van der Waals surface area contributed by atoms with Gasteiger partial charge in [0.2, 0.25) is 0 Å². The van der Waals surface area contributed by atoms with Crippen molar-refractivity contribution in [2.75, 3.05) is 0 Å². The van der Waals surface area contributed by atoms with Gasteiger partial charge in [-0.05, 0) is 33.3 Å². The Morgan fingerprint density at radius 2 is 1.17 bits per heavy atom. The molecule has 0 aliphatic carbocycles. The molecule has 0 aliphatic heterocycles. The maximum absolute atomic E-state index is 9.14. The average molecular weight is 405 g/mol. The number of hydrogen-bond donors (Lipinski definition) is 0. The van der Waals surface area contributed by atoms with Crippen LogP contribution in [0.15, 0.2) is 120 Å². The molecule has 144 valence electrons. The van der Waals surface area contributed by atoms with Crippen LogP contribution >= 0.6 is 0 Å². The van der Waals surface area contributed by atoms with Crippen LogP contribution in [0.5, 0.6) is 0 Å². The van der Waals surface area contributed by atoms with Gasteiger partial charge in [-0.25, -0.2) is 0 Å². The fourth-order valence-corrected chi connectivity index (χ4v) is 7.04. The van der Waals surface area contributed by atoms with E-state index in [1.165, 1.54) is 0 Å². The third-order valence-electron chi connectivity index (χ3n) is 4.95. The predicted octanol–water partition coefficient (Wildman–Crippen LogP) is 3.58. The van der Waals surface area contributed by atoms with Gasteiger partial charge in [0.25, 0.3) is 0 Å². The van der Waals surface area contributed by atoms with Crippen LogP contribution < -0.4 is 15.6 Å². The van der Waals surface area contributed by atoms with Gasteiger partial charge in [0.05, 0.1) is 17.8 Å². The molecule has 0 aromatic heterocycles. The van der Waals surface area contributed by atoms with E-state index < -0.39 is 8.32 Å². The minimum atomic E-state index is -2.86. The molecule has 0 unspecified atom stereocenters. The quantitative estimate of drug-likeness (QED) is 0.213. The first-order valence-electron chi connectivity index (χ1n) is 9.71. The lowest BCUT2D eigenvalue weighted by Crippen LogP contribution is -2.68. The summed E-state index contributed by atoms with van der Waals surface area (Å²) < 4.78 is 6.49. The first kappa shape index (κ1) is 19.4. The van der Waals surface area contributed by atoms with Crippen molar-refractivity contribution >= 4 is 30.1 Å². The maximum atomic E-state index is 9.14. The predicted molar refractivity (Wildman–Crippen MR) is 124 cm³/mol. The monoisotopic (exact) mass is 404 g/mol. The van der Waals surface area contributed by atoms with E-state index in [1.54, 1.807) is 18.3 Å². The maximum Gasteiger partial charge on any atom is 0.380 e. The molecule has 0 bridgehead atoms. The number of hydrogen-bond acceptors (Lipinski definition) is 3. The molecule has 0 atom stereocenters. The van der Waals surface area contributed by atoms with Crippen molar-refractivity contribution in [1.29, 1.82) is 5.26 Å². The highest BCUT2D eigenvalue weighted by atomic mass is 28.4. The second-order valence-electron chi connectivity index (χ2n) is 6.84. The van der Waals surface area contributed by atoms with Crippen LogP contribution in [0.1, 0.15) is 11.1 Å². The third-order valence-corrected chi connectivity index (χ3v) is 8.77. The minimum absolute atomic E-state index is 0.594. The first-order valence-corrected chi connectivity index (χ1v) is 11.6. The molecule has 0 radical (unpaired) electrons. The number of rotatable bonds is 6. The zero-order valence-electron chi connectivity index (χ0n) is 16.3. The molecule has 0 amide bonds. The van der Waals surface area contributed by atoms with E-state index in [0.717, 1.165) is 21.1 Å². The highest BCUT2D eigenvalue weighted by Gasteiger charge is 2.44. The number of nitrogens with zero attached hydrogens (tertiary/aromatic N) is 2. The SMILES string of the molecule is N#Cc1cccc(/C=N/O[Si](c2ccccc2)(c2ccccc2)c2ccccc2)c1. The van der Waals surface area contributed by atoms with E-state index in [9.17, 15) is 0 Å². The number of nitriles is 1. The Labute approximate surface area is 177 Å². The molecule has 4 rings (SSSR count). The molecule has 0 spiro atoms. The smallest absolute Gasteiger partial charge is 0.380 e. The molecule has 3 nitrogen and oxygen atoms in total. The number of benzene rings is 4. The van der Waals surface area contributed by atoms with Crippen molar-refractivity contribution < 1.29 is 4.53 Å². The Hall–Kier alpha value is -3.94. The highest BCUT2D eigenvalue weighted by Crippen LogP contribution is 2.11. The molecule has 0 heterocycles. The number of oxime groups is 1. The summed E-state index contributed by atoms with van der Waals surface area (Å²) in [5.74, 6) is 0. The summed E-state index contributed by atoms with van der Waals surface area (Å²) in [6, 6.07) is 40.4. The Morgan fingerprint density at radius 3 is 1.63 bits per heavy atom. The van der Waals surface area contributed by atoms with Crippen LogP contribution in [-0.2, 0) is 4.53 Å². The summed E-state index contributed by atoms with van der Waals surface area (Å²) in [4.78, 5) is 0. The lowest BCUT2D eigenvalue weighted by Gasteiger charge is -2.30. The average Bonchev–Trinajstić information content (AvgIpc) is 2.84. The van der Waals surface area contributed by atoms with E-state index in [4.69, 9.17) is 9.79 Å². The Morgan fingerprint density at radius 1 is 0.667 bits per heavy atom. The van der Waals surface area contributed by atoms with Crippen molar-refractivity contribution in [1.82, 2.24) is 0 Å². The largest absolute Gasteiger partial charge is 0.438 e. The lowest BCUT2D eigenvalue weighted by atomic mass is 10.1. The van der Waals surface area contributed by atoms with Crippen LogP contribution in [0.2, 0.25) is 0 Å². The van der Waals surface area contributed by atoms with Crippen LogP contribution in [0.3, 0.4) is 0 Å². The van der Waals surface area contributed by atoms with Gasteiger partial charge in [0, 0.05) is 0 Å². The molecule has 4 aromatic carbocycles. The standard InChI is InChI=1S/C26H20N2OSi/c27-20-22-11-10-12-23(19-22)21-28-29-30(24-13-4-1-5-14-24,25-15-6-2-7-16-25)26-17-8-3-9-18-26/h1-19,21H/b28-21+. The van der Waals surface area contributed by atoms with Crippen molar-refractivity contribution in [3.05, 3.63) is 126 Å². The van der Waals surface area contributed by atoms with Crippen molar-refractivity contribution in [3.63, 3.8) is 0 Å². The van der Waals surface area contributed by atoms with Gasteiger partial charge in [-0.1, -0.05) is 103 Å². The Bertz CT molecular complexity index is 1070. The van der Waals surface area contributed by atoms with E-state index >= 15 is 0 Å². The molecular weight excluding hydrogens is 384 g/mol. The van der Waals surface area contributed by atoms with Gasteiger partial charge < -0.3 is 4.53 Å². The molecular formula is C26H20N2OSi. The van der Waals surface area contributed by atoms with E-state index in [-0.39, 0.29) is 0 Å². The summed E-state index contributed by atoms with van der Waals surface area (Å²) in [6.07, 6.45) is 1.68. The normalized spacial score (nSPS) is 11.2. The second-order valence-corrected chi connectivity index (χ2v) is 10.1. The Kier molecular flexibility index (Phi) is 5.84. The van der Waals surface area contributed by atoms with Gasteiger partial charge in [-0.3, -0.25) is 0 Å². The third kappa shape index (κ3) is 3.93. The summed E-state index contributed by atoms with van der Waals surface area (Å²) in [7, 11) is -2.86. The van der Waals surface area contributed by atoms with Gasteiger partial charge in [-0.15, -0.1) is 5.16 Å². The van der Waals surface area contributed by atoms with E-state index in [1.807, 2.05) is 66.7 Å². The fraction of sp³-hybridized carbons (Fsp3) is 0. The van der Waals surface area contributed by atoms with E-state index in [2.05, 4.69) is 47.6 Å². The topological polar surface area (TPSA) is 45.4 Å². The fourth-order valence-electron chi connectivity index (χ4n) is 3.53. The van der Waals surface area contributed by atoms with E-state index in [0.29, 0.717) is 5.56 Å². The highest BCUT2D eigenvalue weighted by molar-refractivity contribution is 7.07. The van der Waals surface area contributed by atoms with Crippen molar-refractivity contribution in [3.8, 4) is 6.07 Å². The van der Waals surface area contributed by atoms with Gasteiger partial charge in [0.15, 0.2) is 0 Å². The zero-order valence-corrected chi connectivity index (χ0v) is 17.3. The molecule has 0 N–H and O–H groups in total. The molecule has 0 aliphatic rings. The Balaban J connectivity index is 1.84. The van der Waals surface area contributed by atoms with Gasteiger partial charge in [0.1, 0.15) is 0 Å². The van der Waals surface area contributed by atoms with Crippen LogP contribution in [-0.4, -0.2) is 14.5 Å². The lowest BCUT2D eigenvalue weighted by molar-refractivity contribution is 0.351. The first-order chi connectivity index (χ1) is 14.8. The molecule has 4 heteroatoms. The van der Waals surface area contributed by atoms with Crippen LogP contribution in [0.25, 0.3) is 0 Å². The molecule has 0 saturated heterocycles. The molecule has 0 fully saturated rings. The van der Waals surface area contributed by atoms with Crippen molar-refractivity contribution in [2.24, 2.45) is 5.16 Å². The summed E-state index contributed by atoms with van der Waals surface area (Å²) in [5, 5.41) is 16.9. The zero-order chi connectivity index (χ0) is 20.7. The van der Waals surface area contributed by atoms with Gasteiger partial charge >= 0.3 is 8.32 Å². The minimum Gasteiger partial charge on any atom is -0.438 e. The molecule has 30 heavy (non-hydrogen) atoms. The van der Waals surface area contributed by atoms with Crippen molar-refractivity contribution in [2.45, 2.75) is 0 Å². The summed E-state index contributed by atoms with van der Waals surface area (Å²) in [5.41, 5.74) is 1.42. The summed E-state index contributed by atoms with van der Waals surface area (Å²) in [6.45, 7) is 0. The molecule has 0 saturated carbocycles. The molecule has 4 aromatic rings. The second kappa shape index (κ2) is 9.04.